The van der Waals surface area contributed by atoms with Gasteiger partial charge < -0.3 is 10.2 Å². The van der Waals surface area contributed by atoms with Gasteiger partial charge in [-0.2, -0.15) is 5.10 Å². The second-order valence-corrected chi connectivity index (χ2v) is 3.74. The number of nitrogens with two attached hydrogens (primary N) is 1. The van der Waals surface area contributed by atoms with Crippen molar-refractivity contribution in [1.29, 1.82) is 0 Å². The maximum absolute atomic E-state index is 6.13. The molecule has 3 aromatic rings. The molecule has 3 aromatic heterocycles. The van der Waals surface area contributed by atoms with Crippen LogP contribution in [0.2, 0.25) is 0 Å². The van der Waals surface area contributed by atoms with E-state index < -0.39 is 0 Å². The first-order valence-corrected chi connectivity index (χ1v) is 5.05. The van der Waals surface area contributed by atoms with E-state index in [9.17, 15) is 0 Å². The van der Waals surface area contributed by atoms with Gasteiger partial charge in [0.05, 0.1) is 22.6 Å². The van der Waals surface area contributed by atoms with E-state index in [1.165, 1.54) is 6.39 Å². The van der Waals surface area contributed by atoms with Crippen LogP contribution < -0.4 is 5.73 Å². The van der Waals surface area contributed by atoms with E-state index in [0.29, 0.717) is 17.1 Å². The van der Waals surface area contributed by atoms with Gasteiger partial charge >= 0.3 is 0 Å². The Labute approximate surface area is 96.3 Å². The highest BCUT2D eigenvalue weighted by Gasteiger charge is 2.18. The minimum Gasteiger partial charge on any atom is -0.423 e. The molecule has 7 nitrogen and oxygen atoms in total. The zero-order chi connectivity index (χ0) is 12.0. The van der Waals surface area contributed by atoms with Gasteiger partial charge in [0, 0.05) is 0 Å². The number of aryl methyl sites for hydroxylation is 2. The molecule has 0 spiro atoms. The molecule has 0 atom stereocenters. The lowest BCUT2D eigenvalue weighted by atomic mass is 10.1. The lowest BCUT2D eigenvalue weighted by Gasteiger charge is -2.07. The van der Waals surface area contributed by atoms with Crippen LogP contribution in [0, 0.1) is 13.8 Å². The molecular weight excluding hydrogens is 220 g/mol. The zero-order valence-corrected chi connectivity index (χ0v) is 9.38. The molecule has 0 saturated heterocycles. The topological polar surface area (TPSA) is 95.1 Å². The van der Waals surface area contributed by atoms with Crippen molar-refractivity contribution in [2.75, 3.05) is 5.73 Å². The van der Waals surface area contributed by atoms with Crippen LogP contribution in [-0.4, -0.2) is 24.8 Å². The fourth-order valence-corrected chi connectivity index (χ4v) is 1.90. The fourth-order valence-electron chi connectivity index (χ4n) is 1.90. The normalized spacial score (nSPS) is 11.2. The van der Waals surface area contributed by atoms with Crippen LogP contribution >= 0.6 is 0 Å². The minimum atomic E-state index is 0.371. The second-order valence-electron chi connectivity index (χ2n) is 3.74. The predicted octanol–water partition coefficient (Wildman–Crippen LogP) is 0.978. The van der Waals surface area contributed by atoms with Gasteiger partial charge in [-0.25, -0.2) is 9.50 Å². The van der Waals surface area contributed by atoms with Crippen molar-refractivity contribution in [2.45, 2.75) is 13.8 Å². The Morgan fingerprint density at radius 2 is 2.12 bits per heavy atom. The van der Waals surface area contributed by atoms with Crippen molar-refractivity contribution >= 4 is 11.2 Å². The molecule has 3 heterocycles. The Kier molecular flexibility index (Phi) is 1.88. The van der Waals surface area contributed by atoms with Crippen LogP contribution in [0.15, 0.2) is 17.1 Å². The maximum atomic E-state index is 6.13. The smallest absolute Gasteiger partial charge is 0.251 e. The number of hydrogen-bond acceptors (Lipinski definition) is 6. The average Bonchev–Trinajstić information content (AvgIpc) is 2.89. The van der Waals surface area contributed by atoms with Crippen molar-refractivity contribution in [2.24, 2.45) is 0 Å². The van der Waals surface area contributed by atoms with Gasteiger partial charge in [-0.15, -0.1) is 10.2 Å². The van der Waals surface area contributed by atoms with E-state index in [1.807, 2.05) is 13.8 Å². The van der Waals surface area contributed by atoms with Gasteiger partial charge in [0.1, 0.15) is 11.8 Å². The SMILES string of the molecule is Cc1nn2cnc(C)c2c(N)c1-c1nnco1. The fraction of sp³-hybridized carbons (Fsp3) is 0.200. The van der Waals surface area contributed by atoms with Crippen molar-refractivity contribution < 1.29 is 4.42 Å². The van der Waals surface area contributed by atoms with Gasteiger partial charge in [-0.05, 0) is 13.8 Å². The number of hydrogen-bond donors (Lipinski definition) is 1. The van der Waals surface area contributed by atoms with E-state index in [0.717, 1.165) is 16.9 Å². The van der Waals surface area contributed by atoms with Crippen LogP contribution in [0.4, 0.5) is 5.69 Å². The maximum Gasteiger partial charge on any atom is 0.251 e. The van der Waals surface area contributed by atoms with Crippen molar-refractivity contribution in [3.63, 3.8) is 0 Å². The van der Waals surface area contributed by atoms with E-state index in [1.54, 1.807) is 10.8 Å². The highest BCUT2D eigenvalue weighted by atomic mass is 16.4. The number of rotatable bonds is 1. The summed E-state index contributed by atoms with van der Waals surface area (Å²) in [5.74, 6) is 0.371. The van der Waals surface area contributed by atoms with Crippen molar-refractivity contribution in [3.05, 3.63) is 24.1 Å². The molecule has 0 aliphatic rings. The minimum absolute atomic E-state index is 0.371. The third kappa shape index (κ3) is 1.28. The van der Waals surface area contributed by atoms with Crippen molar-refractivity contribution in [1.82, 2.24) is 24.8 Å². The summed E-state index contributed by atoms with van der Waals surface area (Å²) in [6.45, 7) is 3.71. The number of anilines is 1. The molecular formula is C10H10N6O. The number of fused-ring (bicyclic) bond motifs is 1. The lowest BCUT2D eigenvalue weighted by Crippen LogP contribution is -2.03. The molecule has 0 aliphatic carbocycles. The largest absolute Gasteiger partial charge is 0.423 e. The molecule has 17 heavy (non-hydrogen) atoms. The van der Waals surface area contributed by atoms with Gasteiger partial charge in [0.15, 0.2) is 0 Å². The summed E-state index contributed by atoms with van der Waals surface area (Å²) in [4.78, 5) is 4.17. The summed E-state index contributed by atoms with van der Waals surface area (Å²) in [6.07, 6.45) is 2.90. The number of nitrogens with zero attached hydrogens (tertiary/aromatic N) is 5. The molecule has 3 rings (SSSR count). The molecule has 0 aromatic carbocycles. The first-order chi connectivity index (χ1) is 8.18. The molecule has 86 valence electrons. The van der Waals surface area contributed by atoms with Crippen LogP contribution in [-0.2, 0) is 0 Å². The molecule has 0 saturated carbocycles. The van der Waals surface area contributed by atoms with E-state index in [-0.39, 0.29) is 0 Å². The highest BCUT2D eigenvalue weighted by Crippen LogP contribution is 2.30. The Hall–Kier alpha value is -2.44. The molecule has 2 N–H and O–H groups in total. The Morgan fingerprint density at radius 1 is 1.29 bits per heavy atom. The van der Waals surface area contributed by atoms with Gasteiger partial charge in [0.2, 0.25) is 6.39 Å². The first-order valence-electron chi connectivity index (χ1n) is 5.05. The monoisotopic (exact) mass is 230 g/mol. The Balaban J connectivity index is 2.42. The summed E-state index contributed by atoms with van der Waals surface area (Å²) in [5.41, 5.74) is 9.65. The molecule has 7 heteroatoms. The molecule has 0 unspecified atom stereocenters. The van der Waals surface area contributed by atoms with Crippen LogP contribution in [0.1, 0.15) is 11.4 Å². The van der Waals surface area contributed by atoms with E-state index in [2.05, 4.69) is 20.3 Å². The Morgan fingerprint density at radius 3 is 2.82 bits per heavy atom. The van der Waals surface area contributed by atoms with Crippen LogP contribution in [0.3, 0.4) is 0 Å². The van der Waals surface area contributed by atoms with Crippen molar-refractivity contribution in [3.8, 4) is 11.5 Å². The summed E-state index contributed by atoms with van der Waals surface area (Å²) in [7, 11) is 0. The highest BCUT2D eigenvalue weighted by molar-refractivity contribution is 5.86. The van der Waals surface area contributed by atoms with Gasteiger partial charge in [-0.1, -0.05) is 0 Å². The summed E-state index contributed by atoms with van der Waals surface area (Å²) in [6, 6.07) is 0. The molecule has 0 aliphatic heterocycles. The average molecular weight is 230 g/mol. The third-order valence-corrected chi connectivity index (χ3v) is 2.65. The summed E-state index contributed by atoms with van der Waals surface area (Å²) in [5, 5.41) is 11.9. The summed E-state index contributed by atoms with van der Waals surface area (Å²) >= 11 is 0. The molecule has 0 fully saturated rings. The quantitative estimate of drug-likeness (QED) is 0.669. The van der Waals surface area contributed by atoms with Gasteiger partial charge in [-0.3, -0.25) is 0 Å². The number of aromatic nitrogens is 5. The first kappa shape index (κ1) is 9.76. The zero-order valence-electron chi connectivity index (χ0n) is 9.38. The van der Waals surface area contributed by atoms with E-state index in [4.69, 9.17) is 10.2 Å². The second kappa shape index (κ2) is 3.27. The van der Waals surface area contributed by atoms with Crippen LogP contribution in [0.5, 0.6) is 0 Å². The number of imidazole rings is 1. The number of nitrogen functional groups attached to an aromatic ring is 1. The summed E-state index contributed by atoms with van der Waals surface area (Å²) < 4.78 is 6.83. The molecule has 0 radical (unpaired) electrons. The molecule has 0 amide bonds. The van der Waals surface area contributed by atoms with Crippen LogP contribution in [0.25, 0.3) is 17.0 Å². The Bertz CT molecular complexity index is 684. The lowest BCUT2D eigenvalue weighted by molar-refractivity contribution is 0.568. The standard InChI is InChI=1S/C10H10N6O/c1-5-7(10-14-13-4-17-10)8(11)9-6(2)12-3-16(9)15-5/h3-4H,11H2,1-2H3. The van der Waals surface area contributed by atoms with Gasteiger partial charge in [0.25, 0.3) is 5.89 Å². The van der Waals surface area contributed by atoms with E-state index >= 15 is 0 Å². The molecule has 0 bridgehead atoms. The predicted molar refractivity (Wildman–Crippen MR) is 60.2 cm³/mol. The third-order valence-electron chi connectivity index (χ3n) is 2.65.